The molecule has 0 saturated heterocycles. The number of Topliss-reactive ketones (excluding diaryl/α,β-unsaturated/α-hetero) is 2. The molecule has 0 bridgehead atoms. The number of fused-ring (bicyclic) bond motifs is 1. The van der Waals surface area contributed by atoms with Gasteiger partial charge in [-0.3, -0.25) is 9.59 Å². The molecule has 6 rings (SSSR count). The molecule has 1 N–H and O–H groups in total. The van der Waals surface area contributed by atoms with E-state index in [2.05, 4.69) is 59.7 Å². The molecule has 1 aliphatic carbocycles. The minimum absolute atomic E-state index is 0.0701. The number of tetrazole rings is 1. The lowest BCUT2D eigenvalue weighted by Crippen LogP contribution is -2.15. The Morgan fingerprint density at radius 3 is 2.19 bits per heavy atom. The summed E-state index contributed by atoms with van der Waals surface area (Å²) in [5, 5.41) is 23.3. The van der Waals surface area contributed by atoms with Gasteiger partial charge in [-0.2, -0.15) is 5.21 Å². The molecule has 0 unspecified atom stereocenters. The van der Waals surface area contributed by atoms with E-state index in [1.54, 1.807) is 0 Å². The molecule has 1 fully saturated rings. The van der Waals surface area contributed by atoms with Crippen molar-refractivity contribution < 1.29 is 9.59 Å². The molecule has 0 aliphatic heterocycles. The van der Waals surface area contributed by atoms with Gasteiger partial charge in [-0.25, -0.2) is 4.98 Å². The Kier molecular flexibility index (Phi) is 8.44. The highest BCUT2D eigenvalue weighted by Gasteiger charge is 2.29. The number of imidazole rings is 1. The lowest BCUT2D eigenvalue weighted by molar-refractivity contribution is 0.0963. The minimum Gasteiger partial charge on any atom is -0.321 e. The number of hydrogen-bond acceptors (Lipinski definition) is 8. The van der Waals surface area contributed by atoms with Crippen molar-refractivity contribution in [3.8, 4) is 22.5 Å². The van der Waals surface area contributed by atoms with E-state index in [-0.39, 0.29) is 23.2 Å². The third kappa shape index (κ3) is 5.74. The van der Waals surface area contributed by atoms with Crippen LogP contribution in [0.25, 0.3) is 33.5 Å². The van der Waals surface area contributed by atoms with Crippen molar-refractivity contribution in [3.63, 3.8) is 0 Å². The summed E-state index contributed by atoms with van der Waals surface area (Å²) in [7, 11) is 0. The van der Waals surface area contributed by atoms with Gasteiger partial charge in [0.25, 0.3) is 0 Å². The zero-order valence-electron chi connectivity index (χ0n) is 24.7. The molecular weight excluding hydrogens is 540 g/mol. The summed E-state index contributed by atoms with van der Waals surface area (Å²) in [6, 6.07) is 16.4. The third-order valence-corrected chi connectivity index (χ3v) is 8.27. The number of H-pyrrole nitrogens is 1. The van der Waals surface area contributed by atoms with Crippen LogP contribution in [0.2, 0.25) is 0 Å². The average Bonchev–Trinajstić information content (AvgIpc) is 3.71. The average molecular weight is 577 g/mol. The summed E-state index contributed by atoms with van der Waals surface area (Å²) in [5.74, 6) is 1.57. The largest absolute Gasteiger partial charge is 0.321 e. The van der Waals surface area contributed by atoms with Gasteiger partial charge in [0, 0.05) is 30.9 Å². The van der Waals surface area contributed by atoms with Gasteiger partial charge in [0.05, 0.1) is 0 Å². The first kappa shape index (κ1) is 28.5. The van der Waals surface area contributed by atoms with Crippen molar-refractivity contribution in [2.24, 2.45) is 0 Å². The van der Waals surface area contributed by atoms with Crippen LogP contribution in [-0.4, -0.2) is 51.9 Å². The van der Waals surface area contributed by atoms with Crippen LogP contribution in [0.3, 0.4) is 0 Å². The molecular formula is C33H36N8O2. The second-order valence-electron chi connectivity index (χ2n) is 11.3. The maximum absolute atomic E-state index is 13.3. The van der Waals surface area contributed by atoms with E-state index in [1.165, 1.54) is 6.42 Å². The Morgan fingerprint density at radius 2 is 1.51 bits per heavy atom. The second-order valence-corrected chi connectivity index (χ2v) is 11.3. The zero-order valence-corrected chi connectivity index (χ0v) is 24.7. The zero-order chi connectivity index (χ0) is 29.8. The van der Waals surface area contributed by atoms with Crippen molar-refractivity contribution in [3.05, 3.63) is 71.3 Å². The molecule has 3 aromatic heterocycles. The molecule has 2 aromatic carbocycles. The van der Waals surface area contributed by atoms with E-state index in [9.17, 15) is 9.59 Å². The van der Waals surface area contributed by atoms with Gasteiger partial charge in [0.2, 0.25) is 5.82 Å². The van der Waals surface area contributed by atoms with Gasteiger partial charge in [-0.15, -0.1) is 20.4 Å². The molecule has 0 spiro atoms. The van der Waals surface area contributed by atoms with Crippen LogP contribution in [0.5, 0.6) is 0 Å². The third-order valence-electron chi connectivity index (χ3n) is 8.27. The quantitative estimate of drug-likeness (QED) is 0.171. The first-order valence-corrected chi connectivity index (χ1v) is 15.3. The highest BCUT2D eigenvalue weighted by atomic mass is 16.1. The number of nitrogens with one attached hydrogen (secondary N) is 1. The Bertz CT molecular complexity index is 1740. The number of ketones is 2. The summed E-state index contributed by atoms with van der Waals surface area (Å²) < 4.78 is 2.15. The van der Waals surface area contributed by atoms with Gasteiger partial charge in [0.1, 0.15) is 16.9 Å². The van der Waals surface area contributed by atoms with Gasteiger partial charge < -0.3 is 4.57 Å². The van der Waals surface area contributed by atoms with Crippen LogP contribution in [0.15, 0.2) is 48.5 Å². The van der Waals surface area contributed by atoms with Gasteiger partial charge >= 0.3 is 0 Å². The predicted octanol–water partition coefficient (Wildman–Crippen LogP) is 6.74. The monoisotopic (exact) mass is 576 g/mol. The molecule has 0 radical (unpaired) electrons. The van der Waals surface area contributed by atoms with Crippen molar-refractivity contribution in [2.45, 2.75) is 84.1 Å². The summed E-state index contributed by atoms with van der Waals surface area (Å²) in [6.07, 6.45) is 7.71. The van der Waals surface area contributed by atoms with Crippen LogP contribution >= 0.6 is 0 Å². The van der Waals surface area contributed by atoms with E-state index >= 15 is 0 Å². The maximum atomic E-state index is 13.3. The first-order valence-electron chi connectivity index (χ1n) is 15.3. The fourth-order valence-electron chi connectivity index (χ4n) is 6.15. The second kappa shape index (κ2) is 12.7. The number of carbonyl (C=O) groups excluding carboxylic acids is 2. The lowest BCUT2D eigenvalue weighted by Gasteiger charge is -2.22. The summed E-state index contributed by atoms with van der Waals surface area (Å²) in [6.45, 7) is 4.46. The number of benzene rings is 2. The van der Waals surface area contributed by atoms with E-state index in [0.717, 1.165) is 53.8 Å². The van der Waals surface area contributed by atoms with Crippen LogP contribution in [-0.2, 0) is 6.54 Å². The van der Waals surface area contributed by atoms with Crippen molar-refractivity contribution >= 4 is 22.6 Å². The summed E-state index contributed by atoms with van der Waals surface area (Å²) in [4.78, 5) is 31.6. The molecule has 220 valence electrons. The number of carbonyl (C=O) groups is 2. The summed E-state index contributed by atoms with van der Waals surface area (Å²) in [5.41, 5.74) is 5.73. The van der Waals surface area contributed by atoms with E-state index in [4.69, 9.17) is 4.98 Å². The summed E-state index contributed by atoms with van der Waals surface area (Å²) >= 11 is 0. The molecule has 43 heavy (non-hydrogen) atoms. The molecule has 0 atom stereocenters. The standard InChI is InChI=1S/C33H36N8O2/c1-3-10-26(42)28-30-31(29(36-35-28)27(43)11-4-2)41(33(34-30)23-12-6-5-7-13-23)20-21-16-18-22(19-17-21)24-14-8-9-15-25(24)32-37-39-40-38-32/h8-9,14-19,23H,3-7,10-13,20H2,1-2H3,(H,37,38,39,40). The number of hydrogen-bond donors (Lipinski definition) is 1. The topological polar surface area (TPSA) is 132 Å². The molecule has 1 aliphatic rings. The maximum Gasteiger partial charge on any atom is 0.205 e. The van der Waals surface area contributed by atoms with Gasteiger partial charge in [0.15, 0.2) is 23.0 Å². The fraction of sp³-hybridized carbons (Fsp3) is 0.394. The molecule has 10 nitrogen and oxygen atoms in total. The Labute approximate surface area is 250 Å². The van der Waals surface area contributed by atoms with Crippen molar-refractivity contribution in [1.82, 2.24) is 40.4 Å². The molecule has 10 heteroatoms. The Balaban J connectivity index is 1.45. The fourth-order valence-corrected chi connectivity index (χ4v) is 6.15. The van der Waals surface area contributed by atoms with Crippen LogP contribution in [0.1, 0.15) is 110 Å². The normalized spacial score (nSPS) is 13.9. The molecule has 5 aromatic rings. The van der Waals surface area contributed by atoms with Gasteiger partial charge in [-0.05, 0) is 47.6 Å². The lowest BCUT2D eigenvalue weighted by atomic mass is 9.88. The smallest absolute Gasteiger partial charge is 0.205 e. The van der Waals surface area contributed by atoms with Crippen LogP contribution < -0.4 is 0 Å². The van der Waals surface area contributed by atoms with Crippen LogP contribution in [0.4, 0.5) is 0 Å². The minimum atomic E-state index is -0.0843. The number of aromatic nitrogens is 8. The number of rotatable bonds is 11. The Morgan fingerprint density at radius 1 is 0.837 bits per heavy atom. The highest BCUT2D eigenvalue weighted by Crippen LogP contribution is 2.36. The SMILES string of the molecule is CCCC(=O)c1nnc(C(=O)CCC)c2c1nc(C1CCCCC1)n2Cc1ccc(-c2ccccc2-c2nn[nH]n2)cc1. The molecule has 0 amide bonds. The van der Waals surface area contributed by atoms with E-state index in [0.29, 0.717) is 54.8 Å². The molecule has 1 saturated carbocycles. The Hall–Kier alpha value is -4.60. The van der Waals surface area contributed by atoms with Gasteiger partial charge in [-0.1, -0.05) is 81.6 Å². The predicted molar refractivity (Wildman–Crippen MR) is 164 cm³/mol. The van der Waals surface area contributed by atoms with Crippen molar-refractivity contribution in [2.75, 3.05) is 0 Å². The van der Waals surface area contributed by atoms with E-state index in [1.807, 2.05) is 38.1 Å². The van der Waals surface area contributed by atoms with E-state index < -0.39 is 0 Å². The highest BCUT2D eigenvalue weighted by molar-refractivity contribution is 6.10. The van der Waals surface area contributed by atoms with Crippen molar-refractivity contribution in [1.29, 1.82) is 0 Å². The number of nitrogens with zero attached hydrogens (tertiary/aromatic N) is 7. The number of aromatic amines is 1. The first-order chi connectivity index (χ1) is 21.1. The van der Waals surface area contributed by atoms with Crippen LogP contribution in [0, 0.1) is 0 Å². The molecule has 3 heterocycles.